The fraction of sp³-hybridized carbons (Fsp3) is 0. The van der Waals surface area contributed by atoms with Crippen molar-refractivity contribution < 1.29 is 23.1 Å². The van der Waals surface area contributed by atoms with Crippen LogP contribution >= 0.6 is 0 Å². The highest BCUT2D eigenvalue weighted by molar-refractivity contribution is 6.57. The van der Waals surface area contributed by atoms with Crippen LogP contribution < -0.4 is 5.43 Å². The summed E-state index contributed by atoms with van der Waals surface area (Å²) in [6, 6.07) is 1.28. The van der Waals surface area contributed by atoms with Crippen molar-refractivity contribution >= 4 is 23.6 Å². The lowest BCUT2D eigenvalue weighted by molar-refractivity contribution is -0.129. The first-order valence-electron chi connectivity index (χ1n) is 4.17. The number of hydrazone groups is 1. The van der Waals surface area contributed by atoms with Gasteiger partial charge in [-0.05, 0) is 0 Å². The van der Waals surface area contributed by atoms with Crippen LogP contribution in [0.2, 0.25) is 0 Å². The topological polar surface area (TPSA) is 85.5 Å². The van der Waals surface area contributed by atoms with Gasteiger partial charge in [-0.1, -0.05) is 0 Å². The molecule has 0 atom stereocenters. The number of hydrogen-bond acceptors (Lipinski definition) is 4. The van der Waals surface area contributed by atoms with Crippen molar-refractivity contribution in [3.63, 3.8) is 0 Å². The van der Waals surface area contributed by atoms with Gasteiger partial charge in [-0.3, -0.25) is 10.8 Å². The molecule has 0 heterocycles. The van der Waals surface area contributed by atoms with Gasteiger partial charge in [0, 0.05) is 12.1 Å². The zero-order chi connectivity index (χ0) is 13.0. The van der Waals surface area contributed by atoms with Crippen LogP contribution in [0, 0.1) is 22.9 Å². The minimum atomic E-state index is -1.61. The monoisotopic (exact) mass is 245 g/mol. The lowest BCUT2D eigenvalue weighted by atomic mass is 10.3. The maximum Gasteiger partial charge on any atom is 0.355 e. The molecule has 0 aliphatic rings. The molecule has 1 aromatic carbocycles. The fourth-order valence-electron chi connectivity index (χ4n) is 0.847. The van der Waals surface area contributed by atoms with E-state index >= 15 is 0 Å². The minimum Gasteiger partial charge on any atom is -0.476 e. The fourth-order valence-corrected chi connectivity index (χ4v) is 0.847. The van der Waals surface area contributed by atoms with Crippen LogP contribution in [-0.4, -0.2) is 23.0 Å². The zero-order valence-corrected chi connectivity index (χ0v) is 8.17. The second kappa shape index (κ2) is 5.10. The van der Waals surface area contributed by atoms with Gasteiger partial charge >= 0.3 is 5.97 Å². The second-order valence-electron chi connectivity index (χ2n) is 2.84. The average molecular weight is 245 g/mol. The van der Waals surface area contributed by atoms with Crippen molar-refractivity contribution in [2.24, 2.45) is 5.10 Å². The number of aliphatic carboxylic acids is 1. The van der Waals surface area contributed by atoms with Crippen molar-refractivity contribution in [2.45, 2.75) is 0 Å². The highest BCUT2D eigenvalue weighted by Crippen LogP contribution is 2.16. The summed E-state index contributed by atoms with van der Waals surface area (Å²) in [5.74, 6) is -5.93. The Morgan fingerprint density at radius 3 is 2.35 bits per heavy atom. The van der Waals surface area contributed by atoms with E-state index in [4.69, 9.17) is 10.5 Å². The SMILES string of the molecule is N=C(/C=N\Nc1cc(F)c(F)c(F)c1)C(=O)O. The van der Waals surface area contributed by atoms with E-state index in [0.29, 0.717) is 18.3 Å². The molecule has 8 heteroatoms. The summed E-state index contributed by atoms with van der Waals surface area (Å²) in [5, 5.41) is 18.4. The normalized spacial score (nSPS) is 10.5. The number of carbonyl (C=O) groups is 1. The predicted octanol–water partition coefficient (Wildman–Crippen LogP) is 1.61. The zero-order valence-electron chi connectivity index (χ0n) is 8.17. The van der Waals surface area contributed by atoms with Crippen LogP contribution in [0.25, 0.3) is 0 Å². The Bertz CT molecular complexity index is 479. The molecule has 5 nitrogen and oxygen atoms in total. The Labute approximate surface area is 93.1 Å². The van der Waals surface area contributed by atoms with Crippen molar-refractivity contribution in [1.82, 2.24) is 0 Å². The van der Waals surface area contributed by atoms with Gasteiger partial charge in [0.05, 0.1) is 11.9 Å². The Balaban J connectivity index is 2.77. The third kappa shape index (κ3) is 3.30. The Kier molecular flexibility index (Phi) is 3.81. The molecule has 0 spiro atoms. The van der Waals surface area contributed by atoms with Crippen LogP contribution in [0.4, 0.5) is 18.9 Å². The molecule has 0 saturated carbocycles. The predicted molar refractivity (Wildman–Crippen MR) is 53.8 cm³/mol. The van der Waals surface area contributed by atoms with E-state index in [1.165, 1.54) is 0 Å². The second-order valence-corrected chi connectivity index (χ2v) is 2.84. The molecule has 0 saturated heterocycles. The van der Waals surface area contributed by atoms with E-state index in [9.17, 15) is 18.0 Å². The number of rotatable bonds is 4. The summed E-state index contributed by atoms with van der Waals surface area (Å²) in [7, 11) is 0. The number of anilines is 1. The average Bonchev–Trinajstić information content (AvgIpc) is 2.25. The molecule has 0 amide bonds. The largest absolute Gasteiger partial charge is 0.476 e. The van der Waals surface area contributed by atoms with Crippen LogP contribution in [0.15, 0.2) is 17.2 Å². The summed E-state index contributed by atoms with van der Waals surface area (Å²) >= 11 is 0. The van der Waals surface area contributed by atoms with Gasteiger partial charge < -0.3 is 5.11 Å². The summed E-state index contributed by atoms with van der Waals surface area (Å²) in [4.78, 5) is 10.2. The highest BCUT2D eigenvalue weighted by atomic mass is 19.2. The number of nitrogens with zero attached hydrogens (tertiary/aromatic N) is 1. The first-order valence-corrected chi connectivity index (χ1v) is 4.17. The summed E-state index contributed by atoms with van der Waals surface area (Å²) in [5.41, 5.74) is 1.03. The number of carboxylic acid groups (broad SMARTS) is 1. The van der Waals surface area contributed by atoms with E-state index in [1.54, 1.807) is 0 Å². The third-order valence-corrected chi connectivity index (χ3v) is 1.60. The number of benzene rings is 1. The van der Waals surface area contributed by atoms with Gasteiger partial charge in [0.2, 0.25) is 0 Å². The van der Waals surface area contributed by atoms with E-state index in [1.807, 2.05) is 0 Å². The Morgan fingerprint density at radius 2 is 1.88 bits per heavy atom. The number of hydrogen-bond donors (Lipinski definition) is 3. The van der Waals surface area contributed by atoms with Crippen LogP contribution in [0.5, 0.6) is 0 Å². The minimum absolute atomic E-state index is 0.212. The maximum atomic E-state index is 12.7. The lowest BCUT2D eigenvalue weighted by Crippen LogP contribution is -2.13. The van der Waals surface area contributed by atoms with Crippen molar-refractivity contribution in [3.05, 3.63) is 29.6 Å². The lowest BCUT2D eigenvalue weighted by Gasteiger charge is -2.01. The van der Waals surface area contributed by atoms with Gasteiger partial charge in [0.1, 0.15) is 0 Å². The van der Waals surface area contributed by atoms with E-state index in [0.717, 1.165) is 0 Å². The molecule has 90 valence electrons. The van der Waals surface area contributed by atoms with Gasteiger partial charge in [0.15, 0.2) is 23.2 Å². The molecule has 0 bridgehead atoms. The molecule has 1 rings (SSSR count). The quantitative estimate of drug-likeness (QED) is 0.428. The summed E-state index contributed by atoms with van der Waals surface area (Å²) < 4.78 is 38.0. The highest BCUT2D eigenvalue weighted by Gasteiger charge is 2.10. The van der Waals surface area contributed by atoms with Gasteiger partial charge in [-0.2, -0.15) is 5.10 Å². The standard InChI is InChI=1S/C9H6F3N3O2/c10-5-1-4(2-6(11)8(5)12)15-14-3-7(13)9(16)17/h1-3,13,15H,(H,16,17)/b13-7?,14-3-. The third-order valence-electron chi connectivity index (χ3n) is 1.60. The van der Waals surface area contributed by atoms with Crippen LogP contribution in [0.1, 0.15) is 0 Å². The molecule has 3 N–H and O–H groups in total. The molecule has 0 unspecified atom stereocenters. The molecule has 0 aliphatic carbocycles. The summed E-state index contributed by atoms with van der Waals surface area (Å²) in [6.07, 6.45) is 0.626. The number of halogens is 3. The molecule has 0 radical (unpaired) electrons. The van der Waals surface area contributed by atoms with Gasteiger partial charge in [0.25, 0.3) is 0 Å². The molecule has 1 aromatic rings. The van der Waals surface area contributed by atoms with Gasteiger partial charge in [-0.25, -0.2) is 18.0 Å². The van der Waals surface area contributed by atoms with Crippen molar-refractivity contribution in [1.29, 1.82) is 5.41 Å². The smallest absolute Gasteiger partial charge is 0.355 e. The molecular formula is C9H6F3N3O2. The molecular weight excluding hydrogens is 239 g/mol. The van der Waals surface area contributed by atoms with E-state index in [-0.39, 0.29) is 5.69 Å². The molecule has 0 fully saturated rings. The first-order chi connectivity index (χ1) is 7.91. The van der Waals surface area contributed by atoms with Crippen LogP contribution in [0.3, 0.4) is 0 Å². The van der Waals surface area contributed by atoms with Gasteiger partial charge in [-0.15, -0.1) is 0 Å². The molecule has 0 aromatic heterocycles. The van der Waals surface area contributed by atoms with Crippen molar-refractivity contribution in [3.8, 4) is 0 Å². The maximum absolute atomic E-state index is 12.7. The molecule has 17 heavy (non-hydrogen) atoms. The Morgan fingerprint density at radius 1 is 1.35 bits per heavy atom. The Hall–Kier alpha value is -2.38. The van der Waals surface area contributed by atoms with E-state index < -0.39 is 29.1 Å². The molecule has 0 aliphatic heterocycles. The van der Waals surface area contributed by atoms with E-state index in [2.05, 4.69) is 10.5 Å². The van der Waals surface area contributed by atoms with Crippen LogP contribution in [-0.2, 0) is 4.79 Å². The van der Waals surface area contributed by atoms with Crippen molar-refractivity contribution in [2.75, 3.05) is 5.43 Å². The number of carboxylic acids is 1. The first kappa shape index (κ1) is 12.7. The summed E-state index contributed by atoms with van der Waals surface area (Å²) in [6.45, 7) is 0. The number of nitrogens with one attached hydrogen (secondary N) is 2.